The van der Waals surface area contributed by atoms with Crippen LogP contribution in [0.3, 0.4) is 0 Å². The smallest absolute Gasteiger partial charge is 0.317 e. The molecule has 2 amide bonds. The average Bonchev–Trinajstić information content (AvgIpc) is 2.68. The third kappa shape index (κ3) is 2.27. The van der Waals surface area contributed by atoms with E-state index in [2.05, 4.69) is 17.1 Å². The van der Waals surface area contributed by atoms with Gasteiger partial charge in [0, 0.05) is 19.1 Å². The minimum atomic E-state index is 0.160. The van der Waals surface area contributed by atoms with Crippen molar-refractivity contribution in [3.05, 3.63) is 0 Å². The number of amides is 2. The van der Waals surface area contributed by atoms with Gasteiger partial charge in [0.1, 0.15) is 0 Å². The zero-order valence-corrected chi connectivity index (χ0v) is 9.67. The molecule has 0 bridgehead atoms. The van der Waals surface area contributed by atoms with Crippen LogP contribution in [0.1, 0.15) is 45.4 Å². The molecule has 86 valence electrons. The monoisotopic (exact) mass is 210 g/mol. The fourth-order valence-electron chi connectivity index (χ4n) is 3.13. The first kappa shape index (κ1) is 10.8. The Labute approximate surface area is 92.2 Å². The number of nitrogens with zero attached hydrogens (tertiary/aromatic N) is 1. The van der Waals surface area contributed by atoms with Crippen LogP contribution in [0, 0.1) is 5.92 Å². The highest BCUT2D eigenvalue weighted by Gasteiger charge is 2.32. The predicted octanol–water partition coefficient (Wildman–Crippen LogP) is 2.37. The molecule has 1 saturated heterocycles. The first-order valence-electron chi connectivity index (χ1n) is 6.37. The van der Waals surface area contributed by atoms with Crippen molar-refractivity contribution in [2.45, 2.75) is 51.5 Å². The van der Waals surface area contributed by atoms with Gasteiger partial charge in [-0.25, -0.2) is 4.79 Å². The maximum Gasteiger partial charge on any atom is 0.317 e. The van der Waals surface area contributed by atoms with E-state index in [0.717, 1.165) is 25.4 Å². The Morgan fingerprint density at radius 1 is 1.40 bits per heavy atom. The summed E-state index contributed by atoms with van der Waals surface area (Å²) in [5, 5.41) is 2.91. The van der Waals surface area contributed by atoms with Crippen molar-refractivity contribution >= 4 is 6.03 Å². The van der Waals surface area contributed by atoms with Gasteiger partial charge >= 0.3 is 6.03 Å². The predicted molar refractivity (Wildman–Crippen MR) is 60.8 cm³/mol. The molecule has 1 saturated carbocycles. The lowest BCUT2D eigenvalue weighted by Crippen LogP contribution is -2.43. The van der Waals surface area contributed by atoms with E-state index in [1.165, 1.54) is 32.1 Å². The van der Waals surface area contributed by atoms with Crippen LogP contribution in [0.2, 0.25) is 0 Å². The quantitative estimate of drug-likeness (QED) is 0.762. The Hall–Kier alpha value is -0.730. The molecule has 1 aliphatic carbocycles. The number of hydrogen-bond acceptors (Lipinski definition) is 1. The highest BCUT2D eigenvalue weighted by Crippen LogP contribution is 2.31. The number of carbonyl (C=O) groups is 1. The second-order valence-corrected chi connectivity index (χ2v) is 4.80. The number of nitrogens with one attached hydrogen (secondary N) is 1. The van der Waals surface area contributed by atoms with E-state index < -0.39 is 0 Å². The van der Waals surface area contributed by atoms with Gasteiger partial charge < -0.3 is 10.2 Å². The molecule has 2 fully saturated rings. The minimum Gasteiger partial charge on any atom is -0.336 e. The summed E-state index contributed by atoms with van der Waals surface area (Å²) in [6.45, 7) is 3.96. The summed E-state index contributed by atoms with van der Waals surface area (Å²) in [5.41, 5.74) is 0. The number of hydrogen-bond donors (Lipinski definition) is 1. The van der Waals surface area contributed by atoms with Crippen LogP contribution in [0.5, 0.6) is 0 Å². The molecule has 1 aliphatic heterocycles. The van der Waals surface area contributed by atoms with E-state index in [-0.39, 0.29) is 6.03 Å². The summed E-state index contributed by atoms with van der Waals surface area (Å²) in [5.74, 6) is 0.757. The van der Waals surface area contributed by atoms with E-state index in [9.17, 15) is 4.79 Å². The maximum atomic E-state index is 11.6. The van der Waals surface area contributed by atoms with Crippen LogP contribution in [0.15, 0.2) is 0 Å². The lowest BCUT2D eigenvalue weighted by atomic mass is 9.82. The molecule has 1 atom stereocenters. The molecule has 0 aromatic heterocycles. The molecule has 15 heavy (non-hydrogen) atoms. The first-order valence-corrected chi connectivity index (χ1v) is 6.37. The van der Waals surface area contributed by atoms with Crippen molar-refractivity contribution in [3.8, 4) is 0 Å². The Balaban J connectivity index is 1.98. The van der Waals surface area contributed by atoms with Crippen LogP contribution >= 0.6 is 0 Å². The SMILES string of the molecule is CCC(C1CCCCC1)N1CCNC1=O. The molecule has 2 rings (SSSR count). The highest BCUT2D eigenvalue weighted by molar-refractivity contribution is 5.76. The van der Waals surface area contributed by atoms with E-state index >= 15 is 0 Å². The molecule has 0 radical (unpaired) electrons. The normalized spacial score (nSPS) is 25.4. The fourth-order valence-corrected chi connectivity index (χ4v) is 3.13. The summed E-state index contributed by atoms with van der Waals surface area (Å²) >= 11 is 0. The molecular formula is C12H22N2O. The Morgan fingerprint density at radius 2 is 2.13 bits per heavy atom. The van der Waals surface area contributed by atoms with Gasteiger partial charge in [-0.1, -0.05) is 26.2 Å². The van der Waals surface area contributed by atoms with Gasteiger partial charge in [-0.3, -0.25) is 0 Å². The van der Waals surface area contributed by atoms with E-state index in [4.69, 9.17) is 0 Å². The van der Waals surface area contributed by atoms with Crippen LogP contribution in [0.4, 0.5) is 4.79 Å². The summed E-state index contributed by atoms with van der Waals surface area (Å²) in [7, 11) is 0. The lowest BCUT2D eigenvalue weighted by molar-refractivity contribution is 0.147. The Bertz CT molecular complexity index is 224. The van der Waals surface area contributed by atoms with Crippen LogP contribution in [-0.4, -0.2) is 30.1 Å². The van der Waals surface area contributed by atoms with Gasteiger partial charge in [0.25, 0.3) is 0 Å². The van der Waals surface area contributed by atoms with Crippen LogP contribution < -0.4 is 5.32 Å². The van der Waals surface area contributed by atoms with Gasteiger partial charge in [0.15, 0.2) is 0 Å². The van der Waals surface area contributed by atoms with Crippen molar-refractivity contribution in [1.29, 1.82) is 0 Å². The molecule has 1 heterocycles. The van der Waals surface area contributed by atoms with Crippen molar-refractivity contribution in [2.24, 2.45) is 5.92 Å². The molecule has 3 nitrogen and oxygen atoms in total. The zero-order chi connectivity index (χ0) is 10.7. The summed E-state index contributed by atoms with van der Waals surface area (Å²) in [6.07, 6.45) is 7.86. The molecule has 0 aromatic rings. The zero-order valence-electron chi connectivity index (χ0n) is 9.67. The van der Waals surface area contributed by atoms with Gasteiger partial charge in [-0.15, -0.1) is 0 Å². The molecule has 0 spiro atoms. The van der Waals surface area contributed by atoms with Gasteiger partial charge in [-0.05, 0) is 25.2 Å². The topological polar surface area (TPSA) is 32.3 Å². The average molecular weight is 210 g/mol. The second-order valence-electron chi connectivity index (χ2n) is 4.80. The van der Waals surface area contributed by atoms with Crippen molar-refractivity contribution in [1.82, 2.24) is 10.2 Å². The van der Waals surface area contributed by atoms with Crippen molar-refractivity contribution < 1.29 is 4.79 Å². The summed E-state index contributed by atoms with van der Waals surface area (Å²) in [4.78, 5) is 13.7. The minimum absolute atomic E-state index is 0.160. The highest BCUT2D eigenvalue weighted by atomic mass is 16.2. The lowest BCUT2D eigenvalue weighted by Gasteiger charge is -2.35. The van der Waals surface area contributed by atoms with Crippen molar-refractivity contribution in [2.75, 3.05) is 13.1 Å². The van der Waals surface area contributed by atoms with E-state index in [0.29, 0.717) is 6.04 Å². The third-order valence-electron chi connectivity index (χ3n) is 3.90. The molecular weight excluding hydrogens is 188 g/mol. The fraction of sp³-hybridized carbons (Fsp3) is 0.917. The van der Waals surface area contributed by atoms with Gasteiger partial charge in [0.2, 0.25) is 0 Å². The van der Waals surface area contributed by atoms with E-state index in [1.54, 1.807) is 0 Å². The van der Waals surface area contributed by atoms with Crippen LogP contribution in [0.25, 0.3) is 0 Å². The van der Waals surface area contributed by atoms with Crippen LogP contribution in [-0.2, 0) is 0 Å². The van der Waals surface area contributed by atoms with Gasteiger partial charge in [-0.2, -0.15) is 0 Å². The molecule has 0 aromatic carbocycles. The van der Waals surface area contributed by atoms with Crippen molar-refractivity contribution in [3.63, 3.8) is 0 Å². The third-order valence-corrected chi connectivity index (χ3v) is 3.90. The summed E-state index contributed by atoms with van der Waals surface area (Å²) < 4.78 is 0. The molecule has 1 N–H and O–H groups in total. The molecule has 3 heteroatoms. The number of carbonyl (C=O) groups excluding carboxylic acids is 1. The van der Waals surface area contributed by atoms with E-state index in [1.807, 2.05) is 0 Å². The molecule has 2 aliphatic rings. The Morgan fingerprint density at radius 3 is 2.67 bits per heavy atom. The van der Waals surface area contributed by atoms with Gasteiger partial charge in [0.05, 0.1) is 0 Å². The Kier molecular flexibility index (Phi) is 3.49. The second kappa shape index (κ2) is 4.86. The standard InChI is InChI=1S/C12H22N2O/c1-2-11(10-6-4-3-5-7-10)14-9-8-13-12(14)15/h10-11H,2-9H2,1H3,(H,13,15). The number of rotatable bonds is 3. The molecule has 1 unspecified atom stereocenters. The maximum absolute atomic E-state index is 11.6. The number of urea groups is 1. The largest absolute Gasteiger partial charge is 0.336 e. The first-order chi connectivity index (χ1) is 7.33. The summed E-state index contributed by atoms with van der Waals surface area (Å²) in [6, 6.07) is 0.653.